The smallest absolute Gasteiger partial charge is 0.370 e. The molecule has 2 fully saturated rings. The lowest BCUT2D eigenvalue weighted by molar-refractivity contribution is -0.137. The van der Waals surface area contributed by atoms with Crippen molar-refractivity contribution in [3.05, 3.63) is 47.5 Å². The molecule has 1 atom stereocenters. The van der Waals surface area contributed by atoms with Gasteiger partial charge in [-0.3, -0.25) is 14.5 Å². The van der Waals surface area contributed by atoms with E-state index in [1.54, 1.807) is 4.90 Å². The van der Waals surface area contributed by atoms with Gasteiger partial charge >= 0.3 is 6.18 Å². The molecule has 208 valence electrons. The van der Waals surface area contributed by atoms with Crippen LogP contribution in [-0.4, -0.2) is 57.9 Å². The number of nitrogens with one attached hydrogen (secondary N) is 1. The van der Waals surface area contributed by atoms with Crippen molar-refractivity contribution < 1.29 is 31.5 Å². The Morgan fingerprint density at radius 1 is 1.16 bits per heavy atom. The third-order valence-electron chi connectivity index (χ3n) is 7.20. The molecule has 2 amide bonds. The molecule has 38 heavy (non-hydrogen) atoms. The number of likely N-dealkylation sites (tertiary alicyclic amines) is 1. The monoisotopic (exact) mass is 541 g/mol. The van der Waals surface area contributed by atoms with Crippen LogP contribution in [0.1, 0.15) is 79.2 Å². The van der Waals surface area contributed by atoms with Crippen LogP contribution in [0.15, 0.2) is 30.5 Å². The van der Waals surface area contributed by atoms with Gasteiger partial charge in [0.2, 0.25) is 5.91 Å². The maximum absolute atomic E-state index is 13.8. The predicted molar refractivity (Wildman–Crippen MR) is 130 cm³/mol. The Morgan fingerprint density at radius 3 is 2.53 bits per heavy atom. The largest absolute Gasteiger partial charge is 0.418 e. The van der Waals surface area contributed by atoms with E-state index < -0.39 is 42.1 Å². The van der Waals surface area contributed by atoms with Crippen molar-refractivity contribution in [2.45, 2.75) is 75.4 Å². The Kier molecular flexibility index (Phi) is 8.39. The number of aromatic nitrogens is 2. The van der Waals surface area contributed by atoms with Crippen LogP contribution in [0.4, 0.5) is 22.0 Å². The summed E-state index contributed by atoms with van der Waals surface area (Å²) < 4.78 is 70.2. The number of primary amides is 1. The van der Waals surface area contributed by atoms with E-state index in [4.69, 9.17) is 5.73 Å². The first-order valence-electron chi connectivity index (χ1n) is 12.9. The van der Waals surface area contributed by atoms with Crippen LogP contribution in [0.2, 0.25) is 0 Å². The molecule has 2 aromatic rings. The molecular formula is C26H32F5N5O2. The maximum atomic E-state index is 13.8. The van der Waals surface area contributed by atoms with Gasteiger partial charge in [-0.1, -0.05) is 25.0 Å². The van der Waals surface area contributed by atoms with Crippen LogP contribution in [0.25, 0.3) is 5.69 Å². The highest BCUT2D eigenvalue weighted by molar-refractivity contribution is 5.93. The van der Waals surface area contributed by atoms with Crippen molar-refractivity contribution >= 4 is 11.8 Å². The fraction of sp³-hybridized carbons (Fsp3) is 0.577. The van der Waals surface area contributed by atoms with E-state index >= 15 is 0 Å². The molecule has 12 heteroatoms. The summed E-state index contributed by atoms with van der Waals surface area (Å²) in [6.45, 7) is 0.327. The number of carbonyl (C=O) groups excluding carboxylic acids is 2. The minimum absolute atomic E-state index is 0.0807. The molecule has 4 rings (SSSR count). The van der Waals surface area contributed by atoms with Crippen LogP contribution < -0.4 is 11.1 Å². The van der Waals surface area contributed by atoms with Crippen molar-refractivity contribution in [2.75, 3.05) is 19.6 Å². The second kappa shape index (κ2) is 11.4. The number of alkyl halides is 5. The molecule has 1 saturated carbocycles. The number of para-hydroxylation sites is 1. The van der Waals surface area contributed by atoms with Crippen molar-refractivity contribution in [2.24, 2.45) is 5.73 Å². The van der Waals surface area contributed by atoms with E-state index in [0.29, 0.717) is 18.8 Å². The highest BCUT2D eigenvalue weighted by Gasteiger charge is 2.36. The number of benzene rings is 1. The van der Waals surface area contributed by atoms with Gasteiger partial charge in [0.1, 0.15) is 11.5 Å². The summed E-state index contributed by atoms with van der Waals surface area (Å²) in [5, 5.41) is 2.70. The first kappa shape index (κ1) is 28.0. The number of nitrogens with two attached hydrogens (primary N) is 1. The van der Waals surface area contributed by atoms with E-state index in [1.165, 1.54) is 29.0 Å². The number of carbonyl (C=O) groups is 2. The molecule has 1 aromatic heterocycles. The molecule has 1 saturated heterocycles. The molecular weight excluding hydrogens is 509 g/mol. The molecule has 7 nitrogen and oxygen atoms in total. The van der Waals surface area contributed by atoms with Gasteiger partial charge in [-0.25, -0.2) is 13.8 Å². The third kappa shape index (κ3) is 6.89. The minimum atomic E-state index is -4.60. The average Bonchev–Trinajstić information content (AvgIpc) is 3.51. The SMILES string of the molecule is NC(=O)C[C@H](CCN1CCCC(F)(F)C1)NC(=O)c1cn(-c2ccccc2C(F)(F)F)c(C2CCCC2)n1. The van der Waals surface area contributed by atoms with Crippen molar-refractivity contribution in [3.63, 3.8) is 0 Å². The Morgan fingerprint density at radius 2 is 1.87 bits per heavy atom. The lowest BCUT2D eigenvalue weighted by Gasteiger charge is -2.33. The lowest BCUT2D eigenvalue weighted by Crippen LogP contribution is -2.45. The van der Waals surface area contributed by atoms with Crippen molar-refractivity contribution in [1.82, 2.24) is 19.8 Å². The van der Waals surface area contributed by atoms with Gasteiger partial charge in [0.15, 0.2) is 0 Å². The molecule has 0 unspecified atom stereocenters. The van der Waals surface area contributed by atoms with Gasteiger partial charge in [-0.15, -0.1) is 0 Å². The van der Waals surface area contributed by atoms with Gasteiger partial charge in [-0.2, -0.15) is 13.2 Å². The molecule has 0 radical (unpaired) electrons. The zero-order valence-electron chi connectivity index (χ0n) is 20.9. The Balaban J connectivity index is 1.57. The Labute approximate surface area is 217 Å². The van der Waals surface area contributed by atoms with E-state index in [2.05, 4.69) is 10.3 Å². The quantitative estimate of drug-likeness (QED) is 0.453. The standard InChI is InChI=1S/C26H32F5N5O2/c27-25(28)11-5-12-35(16-25)13-10-18(14-22(32)37)33-24(38)20-15-36(23(34-20)17-6-1-2-7-17)21-9-4-3-8-19(21)26(29,30)31/h3-4,8-9,15,17-18H,1-2,5-7,10-14,16H2,(H2,32,37)(H,33,38)/t18-/m0/s1. The summed E-state index contributed by atoms with van der Waals surface area (Å²) >= 11 is 0. The Bertz CT molecular complexity index is 1140. The van der Waals surface area contributed by atoms with Gasteiger partial charge in [-0.05, 0) is 44.4 Å². The lowest BCUT2D eigenvalue weighted by atomic mass is 10.0. The minimum Gasteiger partial charge on any atom is -0.370 e. The Hall–Kier alpha value is -3.02. The molecule has 3 N–H and O–H groups in total. The summed E-state index contributed by atoms with van der Waals surface area (Å²) in [4.78, 5) is 30.9. The van der Waals surface area contributed by atoms with E-state index in [1.807, 2.05) is 0 Å². The number of halogens is 5. The molecule has 1 aliphatic carbocycles. The molecule has 2 heterocycles. The van der Waals surface area contributed by atoms with E-state index in [0.717, 1.165) is 31.7 Å². The van der Waals surface area contributed by atoms with E-state index in [-0.39, 0.29) is 43.1 Å². The number of imidazole rings is 1. The van der Waals surface area contributed by atoms with Crippen LogP contribution in [-0.2, 0) is 11.0 Å². The fourth-order valence-corrected chi connectivity index (χ4v) is 5.40. The number of amides is 2. The fourth-order valence-electron chi connectivity index (χ4n) is 5.40. The number of nitrogens with zero attached hydrogens (tertiary/aromatic N) is 3. The summed E-state index contributed by atoms with van der Waals surface area (Å²) in [5.74, 6) is -3.83. The zero-order chi connectivity index (χ0) is 27.5. The van der Waals surface area contributed by atoms with Crippen LogP contribution in [0, 0.1) is 0 Å². The number of piperidine rings is 1. The summed E-state index contributed by atoms with van der Waals surface area (Å²) in [5.41, 5.74) is 4.32. The van der Waals surface area contributed by atoms with Crippen molar-refractivity contribution in [3.8, 4) is 5.69 Å². The zero-order valence-corrected chi connectivity index (χ0v) is 20.9. The molecule has 1 aliphatic heterocycles. The van der Waals surface area contributed by atoms with Gasteiger partial charge in [0.05, 0.1) is 17.8 Å². The second-order valence-electron chi connectivity index (χ2n) is 10.2. The van der Waals surface area contributed by atoms with E-state index in [9.17, 15) is 31.5 Å². The van der Waals surface area contributed by atoms with Crippen LogP contribution >= 0.6 is 0 Å². The second-order valence-corrected chi connectivity index (χ2v) is 10.2. The molecule has 0 spiro atoms. The topological polar surface area (TPSA) is 93.3 Å². The van der Waals surface area contributed by atoms with Crippen molar-refractivity contribution in [1.29, 1.82) is 0 Å². The highest BCUT2D eigenvalue weighted by Crippen LogP contribution is 2.38. The van der Waals surface area contributed by atoms with Gasteiger partial charge in [0, 0.05) is 37.5 Å². The molecule has 1 aromatic carbocycles. The van der Waals surface area contributed by atoms with Crippen LogP contribution in [0.5, 0.6) is 0 Å². The predicted octanol–water partition coefficient (Wildman–Crippen LogP) is 4.64. The first-order chi connectivity index (χ1) is 17.9. The normalized spacial score (nSPS) is 19.4. The summed E-state index contributed by atoms with van der Waals surface area (Å²) in [6, 6.07) is 4.39. The molecule has 0 bridgehead atoms. The average molecular weight is 542 g/mol. The summed E-state index contributed by atoms with van der Waals surface area (Å²) in [7, 11) is 0. The summed E-state index contributed by atoms with van der Waals surface area (Å²) in [6.07, 6.45) is 0.185. The van der Waals surface area contributed by atoms with Crippen LogP contribution in [0.3, 0.4) is 0 Å². The van der Waals surface area contributed by atoms with Gasteiger partial charge in [0.25, 0.3) is 11.8 Å². The highest BCUT2D eigenvalue weighted by atomic mass is 19.4. The molecule has 2 aliphatic rings. The number of rotatable bonds is 9. The third-order valence-corrected chi connectivity index (χ3v) is 7.20. The number of hydrogen-bond donors (Lipinski definition) is 2. The maximum Gasteiger partial charge on any atom is 0.418 e. The van der Waals surface area contributed by atoms with Gasteiger partial charge < -0.3 is 15.6 Å². The first-order valence-corrected chi connectivity index (χ1v) is 12.9. The number of hydrogen-bond acceptors (Lipinski definition) is 4.